The molecule has 1 fully saturated rings. The van der Waals surface area contributed by atoms with Gasteiger partial charge in [0.2, 0.25) is 5.95 Å². The number of hydrogen-bond acceptors (Lipinski definition) is 3. The minimum Gasteiger partial charge on any atom is -0.353 e. The van der Waals surface area contributed by atoms with Crippen molar-refractivity contribution in [1.29, 1.82) is 0 Å². The quantitative estimate of drug-likeness (QED) is 0.878. The molecule has 0 radical (unpaired) electrons. The molecular weight excluding hydrogens is 212 g/mol. The lowest BCUT2D eigenvalue weighted by Crippen LogP contribution is -2.17. The van der Waals surface area contributed by atoms with E-state index in [4.69, 9.17) is 0 Å². The van der Waals surface area contributed by atoms with E-state index in [2.05, 4.69) is 15.3 Å². The predicted octanol–water partition coefficient (Wildman–Crippen LogP) is 2.62. The molecule has 0 atom stereocenters. The number of aromatic nitrogens is 3. The van der Waals surface area contributed by atoms with Gasteiger partial charge in [0.15, 0.2) is 0 Å². The lowest BCUT2D eigenvalue weighted by Gasteiger charge is -2.14. The van der Waals surface area contributed by atoms with Crippen LogP contribution < -0.4 is 5.32 Å². The molecule has 2 aromatic rings. The maximum atomic E-state index is 4.38. The number of imidazole rings is 1. The van der Waals surface area contributed by atoms with Crippen LogP contribution in [0.4, 0.5) is 5.95 Å². The van der Waals surface area contributed by atoms with Crippen LogP contribution in [0.2, 0.25) is 0 Å². The topological polar surface area (TPSA) is 42.7 Å². The minimum absolute atomic E-state index is 0.577. The van der Waals surface area contributed by atoms with E-state index in [1.54, 1.807) is 6.20 Å². The van der Waals surface area contributed by atoms with Crippen molar-refractivity contribution in [3.05, 3.63) is 36.9 Å². The van der Waals surface area contributed by atoms with E-state index in [0.717, 1.165) is 11.6 Å². The molecule has 1 aliphatic carbocycles. The van der Waals surface area contributed by atoms with Crippen molar-refractivity contribution in [2.24, 2.45) is 0 Å². The molecule has 1 N–H and O–H groups in total. The fourth-order valence-corrected chi connectivity index (χ4v) is 2.37. The van der Waals surface area contributed by atoms with Gasteiger partial charge in [-0.2, -0.15) is 0 Å². The van der Waals surface area contributed by atoms with Crippen molar-refractivity contribution in [2.75, 3.05) is 5.32 Å². The average Bonchev–Trinajstić information content (AvgIpc) is 3.02. The molecule has 0 amide bonds. The molecule has 1 aliphatic rings. The summed E-state index contributed by atoms with van der Waals surface area (Å²) in [5, 5.41) is 3.51. The van der Waals surface area contributed by atoms with E-state index in [0.29, 0.717) is 6.04 Å². The van der Waals surface area contributed by atoms with Crippen molar-refractivity contribution in [1.82, 2.24) is 14.5 Å². The molecule has 0 bridgehead atoms. The summed E-state index contributed by atoms with van der Waals surface area (Å²) in [4.78, 5) is 8.52. The Bertz CT molecular complexity index is 471. The van der Waals surface area contributed by atoms with Gasteiger partial charge in [-0.15, -0.1) is 0 Å². The third kappa shape index (κ3) is 2.16. The zero-order chi connectivity index (χ0) is 11.5. The molecule has 0 aliphatic heterocycles. The largest absolute Gasteiger partial charge is 0.353 e. The Kier molecular flexibility index (Phi) is 2.78. The highest BCUT2D eigenvalue weighted by molar-refractivity contribution is 5.40. The van der Waals surface area contributed by atoms with Crippen LogP contribution >= 0.6 is 0 Å². The Labute approximate surface area is 101 Å². The Balaban J connectivity index is 1.84. The number of nitrogens with zero attached hydrogens (tertiary/aromatic N) is 3. The molecule has 0 saturated heterocycles. The number of anilines is 1. The van der Waals surface area contributed by atoms with Crippen molar-refractivity contribution in [3.8, 4) is 5.69 Å². The van der Waals surface area contributed by atoms with Gasteiger partial charge in [0, 0.05) is 24.6 Å². The van der Waals surface area contributed by atoms with Crippen LogP contribution in [0.5, 0.6) is 0 Å². The summed E-state index contributed by atoms with van der Waals surface area (Å²) in [6.07, 6.45) is 12.6. The van der Waals surface area contributed by atoms with E-state index >= 15 is 0 Å². The summed E-state index contributed by atoms with van der Waals surface area (Å²) in [5.41, 5.74) is 1.05. The van der Waals surface area contributed by atoms with Gasteiger partial charge in [-0.05, 0) is 25.0 Å². The monoisotopic (exact) mass is 228 g/mol. The average molecular weight is 228 g/mol. The van der Waals surface area contributed by atoms with Crippen molar-refractivity contribution >= 4 is 5.95 Å². The summed E-state index contributed by atoms with van der Waals surface area (Å²) in [6.45, 7) is 0. The van der Waals surface area contributed by atoms with Gasteiger partial charge in [-0.25, -0.2) is 4.98 Å². The second-order valence-electron chi connectivity index (χ2n) is 4.46. The van der Waals surface area contributed by atoms with Crippen LogP contribution in [0, 0.1) is 0 Å². The van der Waals surface area contributed by atoms with Crippen LogP contribution in [-0.4, -0.2) is 20.6 Å². The molecule has 0 aromatic carbocycles. The van der Waals surface area contributed by atoms with E-state index in [1.165, 1.54) is 25.7 Å². The first-order chi connectivity index (χ1) is 8.43. The van der Waals surface area contributed by atoms with E-state index < -0.39 is 0 Å². The molecule has 4 nitrogen and oxygen atoms in total. The van der Waals surface area contributed by atoms with Gasteiger partial charge in [-0.3, -0.25) is 9.55 Å². The van der Waals surface area contributed by atoms with Gasteiger partial charge in [-0.1, -0.05) is 12.8 Å². The Morgan fingerprint density at radius 2 is 2.12 bits per heavy atom. The summed E-state index contributed by atoms with van der Waals surface area (Å²) >= 11 is 0. The number of pyridine rings is 1. The van der Waals surface area contributed by atoms with Gasteiger partial charge in [0.05, 0.1) is 11.9 Å². The summed E-state index contributed by atoms with van der Waals surface area (Å²) < 4.78 is 2.05. The molecule has 0 unspecified atom stereocenters. The van der Waals surface area contributed by atoms with E-state index in [-0.39, 0.29) is 0 Å². The van der Waals surface area contributed by atoms with Gasteiger partial charge in [0.25, 0.3) is 0 Å². The Morgan fingerprint density at radius 1 is 1.24 bits per heavy atom. The third-order valence-corrected chi connectivity index (χ3v) is 3.25. The third-order valence-electron chi connectivity index (χ3n) is 3.25. The standard InChI is InChI=1S/C13H16N4/c1-2-5-11(4-1)16-13-15-8-9-17(13)12-6-3-7-14-10-12/h3,6-11H,1-2,4-5H2,(H,15,16). The zero-order valence-electron chi connectivity index (χ0n) is 9.71. The highest BCUT2D eigenvalue weighted by atomic mass is 15.2. The van der Waals surface area contributed by atoms with Crippen LogP contribution in [0.15, 0.2) is 36.9 Å². The molecule has 3 rings (SSSR count). The zero-order valence-corrected chi connectivity index (χ0v) is 9.71. The molecule has 1 saturated carbocycles. The Hall–Kier alpha value is -1.84. The highest BCUT2D eigenvalue weighted by Crippen LogP contribution is 2.22. The van der Waals surface area contributed by atoms with E-state index in [9.17, 15) is 0 Å². The summed E-state index contributed by atoms with van der Waals surface area (Å²) in [7, 11) is 0. The summed E-state index contributed by atoms with van der Waals surface area (Å²) in [5.74, 6) is 0.921. The first-order valence-corrected chi connectivity index (χ1v) is 6.14. The number of nitrogens with one attached hydrogen (secondary N) is 1. The van der Waals surface area contributed by atoms with Crippen molar-refractivity contribution < 1.29 is 0 Å². The maximum absolute atomic E-state index is 4.38. The molecule has 2 heterocycles. The second-order valence-corrected chi connectivity index (χ2v) is 4.46. The molecule has 17 heavy (non-hydrogen) atoms. The first kappa shape index (κ1) is 10.3. The SMILES string of the molecule is c1cncc(-n2ccnc2NC2CCCC2)c1. The van der Waals surface area contributed by atoms with Crippen LogP contribution in [0.3, 0.4) is 0 Å². The molecule has 2 aromatic heterocycles. The fourth-order valence-electron chi connectivity index (χ4n) is 2.37. The first-order valence-electron chi connectivity index (χ1n) is 6.14. The molecular formula is C13H16N4. The lowest BCUT2D eigenvalue weighted by atomic mass is 10.2. The van der Waals surface area contributed by atoms with Gasteiger partial charge < -0.3 is 5.32 Å². The predicted molar refractivity (Wildman–Crippen MR) is 67.2 cm³/mol. The van der Waals surface area contributed by atoms with Crippen molar-refractivity contribution in [2.45, 2.75) is 31.7 Å². The maximum Gasteiger partial charge on any atom is 0.207 e. The van der Waals surface area contributed by atoms with Crippen molar-refractivity contribution in [3.63, 3.8) is 0 Å². The number of hydrogen-bond donors (Lipinski definition) is 1. The highest BCUT2D eigenvalue weighted by Gasteiger charge is 2.16. The fraction of sp³-hybridized carbons (Fsp3) is 0.385. The summed E-state index contributed by atoms with van der Waals surface area (Å²) in [6, 6.07) is 4.55. The van der Waals surface area contributed by atoms with Crippen LogP contribution in [0.1, 0.15) is 25.7 Å². The normalized spacial score (nSPS) is 16.2. The van der Waals surface area contributed by atoms with Crippen LogP contribution in [0.25, 0.3) is 5.69 Å². The number of rotatable bonds is 3. The molecule has 0 spiro atoms. The van der Waals surface area contributed by atoms with Gasteiger partial charge >= 0.3 is 0 Å². The smallest absolute Gasteiger partial charge is 0.207 e. The molecule has 88 valence electrons. The van der Waals surface area contributed by atoms with Gasteiger partial charge in [0.1, 0.15) is 0 Å². The van der Waals surface area contributed by atoms with Crippen LogP contribution in [-0.2, 0) is 0 Å². The molecule has 4 heteroatoms. The second kappa shape index (κ2) is 4.57. The van der Waals surface area contributed by atoms with E-state index in [1.807, 2.05) is 35.3 Å². The lowest BCUT2D eigenvalue weighted by molar-refractivity contribution is 0.740. The minimum atomic E-state index is 0.577. The Morgan fingerprint density at radius 3 is 2.88 bits per heavy atom.